The second-order valence-electron chi connectivity index (χ2n) is 10.0. The van der Waals surface area contributed by atoms with E-state index in [4.69, 9.17) is 10.2 Å². The van der Waals surface area contributed by atoms with Gasteiger partial charge in [0.25, 0.3) is 0 Å². The molecule has 0 aromatic heterocycles. The first kappa shape index (κ1) is 25.1. The zero-order valence-corrected chi connectivity index (χ0v) is 22.7. The highest BCUT2D eigenvalue weighted by molar-refractivity contribution is 6.73. The summed E-state index contributed by atoms with van der Waals surface area (Å²) in [5.74, 6) is 0. The topological polar surface area (TPSA) is 31.2 Å². The van der Waals surface area contributed by atoms with Crippen molar-refractivity contribution in [2.45, 2.75) is 72.6 Å². The summed E-state index contributed by atoms with van der Waals surface area (Å²) in [6.07, 6.45) is 0.871. The predicted molar refractivity (Wildman–Crippen MR) is 141 cm³/mol. The molecule has 0 N–H and O–H groups in total. The monoisotopic (exact) mass is 452 g/mol. The molecule has 0 aliphatic rings. The van der Waals surface area contributed by atoms with Crippen LogP contribution in [0.1, 0.15) is 31.4 Å². The van der Waals surface area contributed by atoms with Gasteiger partial charge in [-0.05, 0) is 24.5 Å². The zero-order chi connectivity index (χ0) is 23.1. The van der Waals surface area contributed by atoms with E-state index in [-0.39, 0.29) is 0 Å². The molecule has 0 unspecified atom stereocenters. The fourth-order valence-corrected chi connectivity index (χ4v) is 5.33. The third-order valence-corrected chi connectivity index (χ3v) is 8.78. The third kappa shape index (κ3) is 8.11. The molecule has 0 aliphatic carbocycles. The van der Waals surface area contributed by atoms with Crippen LogP contribution < -0.4 is 0 Å². The Bertz CT molecular complexity index is 866. The molecule has 168 valence electrons. The molecular formula is C25H40N4Si2. The Balaban J connectivity index is 2.34. The van der Waals surface area contributed by atoms with Gasteiger partial charge in [-0.15, -0.1) is 0 Å². The minimum absolute atomic E-state index is 0.840. The maximum atomic E-state index is 5.17. The highest BCUT2D eigenvalue weighted by atomic mass is 28.3. The first-order valence-electron chi connectivity index (χ1n) is 11.3. The van der Waals surface area contributed by atoms with Crippen LogP contribution in [-0.4, -0.2) is 37.2 Å². The van der Waals surface area contributed by atoms with Gasteiger partial charge >= 0.3 is 0 Å². The van der Waals surface area contributed by atoms with Crippen LogP contribution in [0.3, 0.4) is 0 Å². The Labute approximate surface area is 191 Å². The summed E-state index contributed by atoms with van der Waals surface area (Å²) < 4.78 is 4.65. The van der Waals surface area contributed by atoms with Crippen molar-refractivity contribution in [1.29, 1.82) is 0 Å². The lowest BCUT2D eigenvalue weighted by atomic mass is 10.2. The van der Waals surface area contributed by atoms with Crippen molar-refractivity contribution < 1.29 is 0 Å². The van der Waals surface area contributed by atoms with Crippen molar-refractivity contribution in [3.8, 4) is 0 Å². The van der Waals surface area contributed by atoms with E-state index in [1.54, 1.807) is 0 Å². The van der Waals surface area contributed by atoms with Crippen LogP contribution in [0.4, 0.5) is 0 Å². The lowest BCUT2D eigenvalue weighted by Crippen LogP contribution is -2.44. The Kier molecular flexibility index (Phi) is 8.83. The van der Waals surface area contributed by atoms with Gasteiger partial charge < -0.3 is 9.35 Å². The van der Waals surface area contributed by atoms with Crippen LogP contribution in [0, 0.1) is 0 Å². The van der Waals surface area contributed by atoms with E-state index in [9.17, 15) is 0 Å². The van der Waals surface area contributed by atoms with Gasteiger partial charge in [0.2, 0.25) is 0 Å². The number of hydrogen-bond donors (Lipinski definition) is 0. The maximum absolute atomic E-state index is 5.17. The summed E-state index contributed by atoms with van der Waals surface area (Å²) in [4.78, 5) is 0. The second kappa shape index (κ2) is 10.9. The van der Waals surface area contributed by atoms with Crippen molar-refractivity contribution in [2.24, 2.45) is 10.2 Å². The van der Waals surface area contributed by atoms with Crippen molar-refractivity contribution in [3.05, 3.63) is 71.8 Å². The predicted octanol–water partition coefficient (Wildman–Crippen LogP) is 6.80. The highest BCUT2D eigenvalue weighted by Crippen LogP contribution is 2.18. The van der Waals surface area contributed by atoms with Crippen LogP contribution in [0.15, 0.2) is 70.9 Å². The highest BCUT2D eigenvalue weighted by Gasteiger charge is 2.26. The first-order valence-corrected chi connectivity index (χ1v) is 18.2. The fraction of sp³-hybridized carbons (Fsp3) is 0.440. The number of hydrogen-bond acceptors (Lipinski definition) is 4. The quantitative estimate of drug-likeness (QED) is 0.225. The fourth-order valence-electron chi connectivity index (χ4n) is 3.14. The van der Waals surface area contributed by atoms with Gasteiger partial charge in [0.1, 0.15) is 0 Å². The van der Waals surface area contributed by atoms with E-state index in [2.05, 4.69) is 123 Å². The van der Waals surface area contributed by atoms with E-state index in [0.29, 0.717) is 0 Å². The molecule has 0 bridgehead atoms. The van der Waals surface area contributed by atoms with Gasteiger partial charge in [-0.2, -0.15) is 10.2 Å². The molecule has 4 nitrogen and oxygen atoms in total. The zero-order valence-electron chi connectivity index (χ0n) is 20.7. The van der Waals surface area contributed by atoms with Gasteiger partial charge in [-0.1, -0.05) is 107 Å². The number of rotatable bonds is 10. The Morgan fingerprint density at radius 3 is 1.42 bits per heavy atom. The molecule has 0 aliphatic heterocycles. The Hall–Kier alpha value is -2.19. The van der Waals surface area contributed by atoms with Gasteiger partial charge in [0.15, 0.2) is 16.5 Å². The lowest BCUT2D eigenvalue weighted by Gasteiger charge is -2.34. The number of nitrogens with zero attached hydrogens (tertiary/aromatic N) is 4. The summed E-state index contributed by atoms with van der Waals surface area (Å²) in [5.41, 5.74) is 4.70. The molecule has 2 aromatic rings. The second-order valence-corrected chi connectivity index (χ2v) is 19.7. The molecule has 31 heavy (non-hydrogen) atoms. The maximum Gasteiger partial charge on any atom is 0.169 e. The normalized spacial score (nSPS) is 13.3. The molecule has 0 saturated carbocycles. The van der Waals surface area contributed by atoms with Crippen molar-refractivity contribution >= 4 is 27.9 Å². The molecule has 0 amide bonds. The van der Waals surface area contributed by atoms with Crippen molar-refractivity contribution in [2.75, 3.05) is 0 Å². The van der Waals surface area contributed by atoms with Crippen molar-refractivity contribution in [3.63, 3.8) is 0 Å². The van der Waals surface area contributed by atoms with Crippen LogP contribution in [0.25, 0.3) is 0 Å². The molecule has 0 saturated heterocycles. The average Bonchev–Trinajstić information content (AvgIpc) is 2.70. The van der Waals surface area contributed by atoms with Gasteiger partial charge in [0.05, 0.1) is 24.5 Å². The summed E-state index contributed by atoms with van der Waals surface area (Å²) in [6, 6.07) is 21.3. The third-order valence-electron chi connectivity index (χ3n) is 5.16. The molecule has 6 heteroatoms. The molecule has 0 radical (unpaired) electrons. The van der Waals surface area contributed by atoms with Crippen LogP contribution >= 0.6 is 0 Å². The van der Waals surface area contributed by atoms with Gasteiger partial charge in [-0.3, -0.25) is 0 Å². The first-order chi connectivity index (χ1) is 14.5. The molecule has 2 rings (SSSR count). The van der Waals surface area contributed by atoms with Crippen LogP contribution in [-0.2, 0) is 13.1 Å². The molecule has 0 fully saturated rings. The molecule has 0 spiro atoms. The van der Waals surface area contributed by atoms with E-state index in [1.807, 2.05) is 0 Å². The summed E-state index contributed by atoms with van der Waals surface area (Å²) >= 11 is 0. The summed E-state index contributed by atoms with van der Waals surface area (Å²) in [6.45, 7) is 20.1. The molecule has 2 aromatic carbocycles. The minimum Gasteiger partial charge on any atom is -0.320 e. The molecular weight excluding hydrogens is 412 g/mol. The summed E-state index contributed by atoms with van der Waals surface area (Å²) in [5, 5.41) is 10.3. The van der Waals surface area contributed by atoms with E-state index in [1.165, 1.54) is 11.1 Å². The summed E-state index contributed by atoms with van der Waals surface area (Å²) in [7, 11) is -3.29. The average molecular weight is 453 g/mol. The van der Waals surface area contributed by atoms with E-state index < -0.39 is 16.5 Å². The largest absolute Gasteiger partial charge is 0.320 e. The number of benzene rings is 2. The lowest BCUT2D eigenvalue weighted by molar-refractivity contribution is 0.439. The molecule has 0 atom stereocenters. The van der Waals surface area contributed by atoms with Crippen LogP contribution in [0.5, 0.6) is 0 Å². The smallest absolute Gasteiger partial charge is 0.169 e. The van der Waals surface area contributed by atoms with Gasteiger partial charge in [-0.25, -0.2) is 0 Å². The number of hydrazone groups is 2. The SMILES string of the molecule is CCC(=N\N(Cc1ccccc1)[Si](C)(C)C)/C(C)=N/N(Cc1ccccc1)[Si](C)(C)C. The minimum atomic E-state index is -1.65. The van der Waals surface area contributed by atoms with Crippen molar-refractivity contribution in [1.82, 2.24) is 9.35 Å². The van der Waals surface area contributed by atoms with E-state index >= 15 is 0 Å². The Morgan fingerprint density at radius 2 is 1.06 bits per heavy atom. The van der Waals surface area contributed by atoms with E-state index in [0.717, 1.165) is 30.9 Å². The molecule has 0 heterocycles. The standard InChI is InChI=1S/C25H40N4Si2/c1-9-25(27-29(31(6,7)8)21-24-18-14-11-15-19-24)22(2)26-28(30(3,4)5)20-23-16-12-10-13-17-23/h10-19H,9,20-21H2,1-8H3/b26-22+,27-25+. The van der Waals surface area contributed by atoms with Crippen LogP contribution in [0.2, 0.25) is 39.3 Å². The Morgan fingerprint density at radius 1 is 0.677 bits per heavy atom. The van der Waals surface area contributed by atoms with Gasteiger partial charge in [0, 0.05) is 0 Å².